The van der Waals surface area contributed by atoms with Gasteiger partial charge in [0.05, 0.1) is 0 Å². The van der Waals surface area contributed by atoms with Gasteiger partial charge in [0.15, 0.2) is 5.82 Å². The lowest BCUT2D eigenvalue weighted by Gasteiger charge is -2.27. The van der Waals surface area contributed by atoms with Crippen LogP contribution in [0.4, 0.5) is 0 Å². The van der Waals surface area contributed by atoms with E-state index in [2.05, 4.69) is 15.2 Å². The van der Waals surface area contributed by atoms with Gasteiger partial charge in [-0.15, -0.1) is 0 Å². The van der Waals surface area contributed by atoms with Gasteiger partial charge >= 0.3 is 0 Å². The first-order valence-corrected chi connectivity index (χ1v) is 7.51. The topological polar surface area (TPSA) is 65.1 Å². The highest BCUT2D eigenvalue weighted by Gasteiger charge is 2.34. The van der Waals surface area contributed by atoms with Gasteiger partial charge in [-0.05, 0) is 28.2 Å². The Morgan fingerprint density at radius 3 is 2.16 bits per heavy atom. The van der Waals surface area contributed by atoms with Crippen LogP contribution in [0.25, 0.3) is 11.4 Å². The molecule has 0 fully saturated rings. The van der Waals surface area contributed by atoms with Crippen molar-refractivity contribution in [3.8, 4) is 11.4 Å². The third-order valence-corrected chi connectivity index (χ3v) is 5.79. The monoisotopic (exact) mass is 279 g/mol. The Kier molecular flexibility index (Phi) is 3.85. The molecule has 0 spiro atoms. The third kappa shape index (κ3) is 2.47. The van der Waals surface area contributed by atoms with Crippen molar-refractivity contribution in [2.45, 2.75) is 0 Å². The minimum atomic E-state index is -2.88. The molecule has 0 unspecified atom stereocenters. The van der Waals surface area contributed by atoms with Crippen LogP contribution in [0.2, 0.25) is 0 Å². The molecule has 7 heteroatoms. The van der Waals surface area contributed by atoms with Crippen molar-refractivity contribution >= 4 is 13.0 Å². The number of aromatic nitrogens is 3. The van der Waals surface area contributed by atoms with Crippen molar-refractivity contribution in [3.63, 3.8) is 0 Å². The second kappa shape index (κ2) is 5.25. The summed E-state index contributed by atoms with van der Waals surface area (Å²) in [6.45, 7) is 0. The number of benzene rings is 1. The molecule has 0 aliphatic carbocycles. The number of rotatable bonds is 4. The summed E-state index contributed by atoms with van der Waals surface area (Å²) in [4.78, 5) is 4.38. The van der Waals surface area contributed by atoms with Gasteiger partial charge in [0.2, 0.25) is 5.57 Å². The highest BCUT2D eigenvalue weighted by molar-refractivity contribution is 7.66. The summed E-state index contributed by atoms with van der Waals surface area (Å²) in [6, 6.07) is 9.61. The standard InChI is InChI=1S/C12H18N5OP/c1-16(2)19(18,17(3)4)12-13-11(14-15-12)10-8-6-5-7-9-10/h5-9H,1-4H3,(H,13,14,15). The van der Waals surface area contributed by atoms with Crippen LogP contribution in [-0.4, -0.2) is 52.7 Å². The molecular formula is C12H18N5OP. The van der Waals surface area contributed by atoms with Crippen LogP contribution in [0.3, 0.4) is 0 Å². The summed E-state index contributed by atoms with van der Waals surface area (Å²) in [5, 5.41) is 6.96. The van der Waals surface area contributed by atoms with Gasteiger partial charge in [-0.1, -0.05) is 30.3 Å². The SMILES string of the molecule is CN(C)P(=O)(c1nc(-c2ccccc2)n[nH]1)N(C)C. The molecule has 2 aromatic rings. The predicted octanol–water partition coefficient (Wildman–Crippen LogP) is 1.41. The van der Waals surface area contributed by atoms with Crippen LogP contribution in [0.1, 0.15) is 0 Å². The second-order valence-corrected chi connectivity index (χ2v) is 7.70. The van der Waals surface area contributed by atoms with Crippen LogP contribution in [0.5, 0.6) is 0 Å². The van der Waals surface area contributed by atoms with E-state index in [0.717, 1.165) is 5.56 Å². The van der Waals surface area contributed by atoms with Gasteiger partial charge < -0.3 is 0 Å². The average Bonchev–Trinajstić information content (AvgIpc) is 2.88. The molecule has 1 N–H and O–H groups in total. The molecule has 0 atom stereocenters. The normalized spacial score (nSPS) is 12.3. The molecule has 6 nitrogen and oxygen atoms in total. The Morgan fingerprint density at radius 2 is 1.63 bits per heavy atom. The lowest BCUT2D eigenvalue weighted by atomic mass is 10.2. The zero-order valence-electron chi connectivity index (χ0n) is 11.5. The Bertz CT molecular complexity index is 581. The summed E-state index contributed by atoms with van der Waals surface area (Å²) in [7, 11) is 4.20. The first-order chi connectivity index (χ1) is 8.96. The first-order valence-electron chi connectivity index (χ1n) is 5.90. The van der Waals surface area contributed by atoms with Gasteiger partial charge in [0.25, 0.3) is 7.44 Å². The van der Waals surface area contributed by atoms with Crippen LogP contribution in [0.15, 0.2) is 30.3 Å². The maximum atomic E-state index is 13.0. The van der Waals surface area contributed by atoms with Crippen molar-refractivity contribution in [1.29, 1.82) is 0 Å². The van der Waals surface area contributed by atoms with Gasteiger partial charge in [-0.3, -0.25) is 9.66 Å². The fourth-order valence-corrected chi connectivity index (χ4v) is 3.72. The van der Waals surface area contributed by atoms with E-state index in [1.54, 1.807) is 37.5 Å². The summed E-state index contributed by atoms with van der Waals surface area (Å²) in [5.74, 6) is 0.555. The van der Waals surface area contributed by atoms with Crippen LogP contribution in [0, 0.1) is 0 Å². The van der Waals surface area contributed by atoms with Crippen molar-refractivity contribution < 1.29 is 4.57 Å². The molecule has 1 heterocycles. The molecule has 102 valence electrons. The van der Waals surface area contributed by atoms with E-state index in [1.165, 1.54) is 0 Å². The fourth-order valence-electron chi connectivity index (χ4n) is 1.84. The predicted molar refractivity (Wildman–Crippen MR) is 76.4 cm³/mol. The van der Waals surface area contributed by atoms with E-state index in [9.17, 15) is 4.57 Å². The Labute approximate surface area is 112 Å². The van der Waals surface area contributed by atoms with Crippen molar-refractivity contribution in [2.24, 2.45) is 0 Å². The lowest BCUT2D eigenvalue weighted by Crippen LogP contribution is -2.30. The van der Waals surface area contributed by atoms with Gasteiger partial charge in [-0.2, -0.15) is 5.10 Å². The fraction of sp³-hybridized carbons (Fsp3) is 0.333. The Balaban J connectivity index is 2.44. The average molecular weight is 279 g/mol. The van der Waals surface area contributed by atoms with E-state index >= 15 is 0 Å². The smallest absolute Gasteiger partial charge is 0.280 e. The highest BCUT2D eigenvalue weighted by Crippen LogP contribution is 2.46. The summed E-state index contributed by atoms with van der Waals surface area (Å²) < 4.78 is 16.3. The molecule has 0 radical (unpaired) electrons. The molecule has 0 aliphatic heterocycles. The van der Waals surface area contributed by atoms with E-state index in [0.29, 0.717) is 11.4 Å². The van der Waals surface area contributed by atoms with Crippen LogP contribution >= 0.6 is 7.44 Å². The van der Waals surface area contributed by atoms with Crippen LogP contribution in [-0.2, 0) is 4.57 Å². The molecule has 0 amide bonds. The van der Waals surface area contributed by atoms with Crippen molar-refractivity contribution in [3.05, 3.63) is 30.3 Å². The largest absolute Gasteiger partial charge is 0.280 e. The number of hydrogen-bond donors (Lipinski definition) is 1. The van der Waals surface area contributed by atoms with Gasteiger partial charge in [-0.25, -0.2) is 14.3 Å². The zero-order chi connectivity index (χ0) is 14.0. The maximum absolute atomic E-state index is 13.0. The summed E-state index contributed by atoms with van der Waals surface area (Å²) in [5.41, 5.74) is 1.29. The van der Waals surface area contributed by atoms with Crippen molar-refractivity contribution in [2.75, 3.05) is 28.2 Å². The van der Waals surface area contributed by atoms with E-state index < -0.39 is 7.44 Å². The van der Waals surface area contributed by atoms with Gasteiger partial charge in [0.1, 0.15) is 0 Å². The number of aromatic amines is 1. The molecule has 1 aromatic carbocycles. The van der Waals surface area contributed by atoms with E-state index in [1.807, 2.05) is 30.3 Å². The first kappa shape index (κ1) is 13.9. The summed E-state index contributed by atoms with van der Waals surface area (Å²) >= 11 is 0. The molecule has 19 heavy (non-hydrogen) atoms. The zero-order valence-corrected chi connectivity index (χ0v) is 12.4. The number of nitrogens with zero attached hydrogens (tertiary/aromatic N) is 4. The maximum Gasteiger partial charge on any atom is 0.280 e. The third-order valence-electron chi connectivity index (χ3n) is 2.87. The number of H-pyrrole nitrogens is 1. The molecule has 0 saturated carbocycles. The second-order valence-electron chi connectivity index (χ2n) is 4.59. The molecule has 0 aliphatic rings. The minimum absolute atomic E-state index is 0.390. The number of nitrogens with one attached hydrogen (secondary N) is 1. The van der Waals surface area contributed by atoms with E-state index in [-0.39, 0.29) is 0 Å². The molecule has 1 aromatic heterocycles. The van der Waals surface area contributed by atoms with Crippen LogP contribution < -0.4 is 5.57 Å². The molecular weight excluding hydrogens is 261 g/mol. The lowest BCUT2D eigenvalue weighted by molar-refractivity contribution is 0.458. The summed E-state index contributed by atoms with van der Waals surface area (Å²) in [6.07, 6.45) is 0. The Morgan fingerprint density at radius 1 is 1.05 bits per heavy atom. The quantitative estimate of drug-likeness (QED) is 0.857. The molecule has 0 saturated heterocycles. The Hall–Kier alpha value is -1.49. The van der Waals surface area contributed by atoms with E-state index in [4.69, 9.17) is 0 Å². The minimum Gasteiger partial charge on any atom is -0.280 e. The molecule has 2 rings (SSSR count). The van der Waals surface area contributed by atoms with Crippen molar-refractivity contribution in [1.82, 2.24) is 24.5 Å². The van der Waals surface area contributed by atoms with Gasteiger partial charge in [0, 0.05) is 5.56 Å². The molecule has 0 bridgehead atoms. The highest BCUT2D eigenvalue weighted by atomic mass is 31.2. The number of hydrogen-bond acceptors (Lipinski definition) is 3.